The van der Waals surface area contributed by atoms with Crippen LogP contribution in [0.5, 0.6) is 0 Å². The largest absolute Gasteiger partial charge is 0.355 e. The van der Waals surface area contributed by atoms with Crippen molar-refractivity contribution in [3.8, 4) is 0 Å². The standard InChI is InChI=1S/C18H24N4O2S/c1-3-22(13-15-7-5-4-6-8-15)18-19-11-9-17(20-18)21(2)16-10-12-25(23,24)14-16/h4-9,11,16H,3,10,12-14H2,1-2H3. The molecule has 0 radical (unpaired) electrons. The van der Waals surface area contributed by atoms with Gasteiger partial charge in [0.1, 0.15) is 5.82 Å². The van der Waals surface area contributed by atoms with E-state index in [1.807, 2.05) is 36.2 Å². The minimum atomic E-state index is -2.92. The van der Waals surface area contributed by atoms with Crippen LogP contribution in [-0.2, 0) is 16.4 Å². The van der Waals surface area contributed by atoms with Gasteiger partial charge in [-0.1, -0.05) is 30.3 Å². The van der Waals surface area contributed by atoms with Crippen LogP contribution >= 0.6 is 0 Å². The van der Waals surface area contributed by atoms with Gasteiger partial charge in [0, 0.05) is 32.4 Å². The zero-order valence-corrected chi connectivity index (χ0v) is 15.5. The van der Waals surface area contributed by atoms with Crippen LogP contribution in [0.1, 0.15) is 18.9 Å². The molecule has 2 aromatic rings. The Labute approximate surface area is 149 Å². The lowest BCUT2D eigenvalue weighted by molar-refractivity contribution is 0.600. The number of anilines is 2. The first-order chi connectivity index (χ1) is 12.0. The first-order valence-electron chi connectivity index (χ1n) is 8.53. The van der Waals surface area contributed by atoms with E-state index >= 15 is 0 Å². The van der Waals surface area contributed by atoms with Crippen LogP contribution in [0.25, 0.3) is 0 Å². The van der Waals surface area contributed by atoms with Gasteiger partial charge in [0.2, 0.25) is 5.95 Å². The van der Waals surface area contributed by atoms with E-state index in [0.29, 0.717) is 12.4 Å². The molecule has 134 valence electrons. The first-order valence-corrected chi connectivity index (χ1v) is 10.4. The average Bonchev–Trinajstić information content (AvgIpc) is 3.00. The number of sulfone groups is 1. The van der Waals surface area contributed by atoms with Crippen LogP contribution in [0.3, 0.4) is 0 Å². The predicted molar refractivity (Wildman–Crippen MR) is 101 cm³/mol. The molecule has 1 aromatic carbocycles. The lowest BCUT2D eigenvalue weighted by Gasteiger charge is -2.26. The smallest absolute Gasteiger partial charge is 0.227 e. The second-order valence-corrected chi connectivity index (χ2v) is 8.61. The maximum Gasteiger partial charge on any atom is 0.227 e. The van der Waals surface area contributed by atoms with Gasteiger partial charge in [-0.2, -0.15) is 4.98 Å². The molecule has 1 unspecified atom stereocenters. The van der Waals surface area contributed by atoms with Crippen LogP contribution in [0.2, 0.25) is 0 Å². The van der Waals surface area contributed by atoms with Crippen molar-refractivity contribution in [2.75, 3.05) is 34.9 Å². The summed E-state index contributed by atoms with van der Waals surface area (Å²) in [7, 11) is -1.01. The maximum absolute atomic E-state index is 11.7. The molecule has 1 aliphatic heterocycles. The van der Waals surface area contributed by atoms with Crippen molar-refractivity contribution in [3.63, 3.8) is 0 Å². The zero-order valence-electron chi connectivity index (χ0n) is 14.7. The van der Waals surface area contributed by atoms with Gasteiger partial charge in [-0.25, -0.2) is 13.4 Å². The van der Waals surface area contributed by atoms with E-state index in [2.05, 4.69) is 33.9 Å². The van der Waals surface area contributed by atoms with Gasteiger partial charge in [0.05, 0.1) is 11.5 Å². The fourth-order valence-electron chi connectivity index (χ4n) is 3.08. The molecule has 7 heteroatoms. The van der Waals surface area contributed by atoms with E-state index in [1.165, 1.54) is 5.56 Å². The molecule has 1 aromatic heterocycles. The Morgan fingerprint density at radius 3 is 2.60 bits per heavy atom. The number of benzene rings is 1. The van der Waals surface area contributed by atoms with Gasteiger partial charge in [0.25, 0.3) is 0 Å². The number of nitrogens with zero attached hydrogens (tertiary/aromatic N) is 4. The van der Waals surface area contributed by atoms with Gasteiger partial charge in [-0.3, -0.25) is 0 Å². The summed E-state index contributed by atoms with van der Waals surface area (Å²) in [4.78, 5) is 13.2. The van der Waals surface area contributed by atoms with E-state index < -0.39 is 9.84 Å². The Kier molecular flexibility index (Phi) is 5.22. The van der Waals surface area contributed by atoms with E-state index in [9.17, 15) is 8.42 Å². The Morgan fingerprint density at radius 1 is 1.20 bits per heavy atom. The van der Waals surface area contributed by atoms with Crippen LogP contribution < -0.4 is 9.80 Å². The molecular formula is C18H24N4O2S. The zero-order chi connectivity index (χ0) is 17.9. The second kappa shape index (κ2) is 7.39. The first kappa shape index (κ1) is 17.7. The maximum atomic E-state index is 11.7. The Hall–Kier alpha value is -2.15. The molecule has 1 fully saturated rings. The van der Waals surface area contributed by atoms with Gasteiger partial charge >= 0.3 is 0 Å². The molecule has 1 saturated heterocycles. The average molecular weight is 360 g/mol. The van der Waals surface area contributed by atoms with Crippen molar-refractivity contribution in [1.29, 1.82) is 0 Å². The molecule has 3 rings (SSSR count). The van der Waals surface area contributed by atoms with Crippen molar-refractivity contribution < 1.29 is 8.42 Å². The summed E-state index contributed by atoms with van der Waals surface area (Å²) in [6.45, 7) is 3.61. The molecule has 0 bridgehead atoms. The monoisotopic (exact) mass is 360 g/mol. The molecule has 25 heavy (non-hydrogen) atoms. The van der Waals surface area contributed by atoms with Gasteiger partial charge in [0.15, 0.2) is 9.84 Å². The number of aromatic nitrogens is 2. The topological polar surface area (TPSA) is 66.4 Å². The lowest BCUT2D eigenvalue weighted by atomic mass is 10.2. The molecule has 1 atom stereocenters. The van der Waals surface area contributed by atoms with E-state index in [1.54, 1.807) is 6.20 Å². The highest BCUT2D eigenvalue weighted by atomic mass is 32.2. The molecule has 0 spiro atoms. The van der Waals surface area contributed by atoms with Gasteiger partial charge in [-0.15, -0.1) is 0 Å². The Morgan fingerprint density at radius 2 is 1.96 bits per heavy atom. The van der Waals surface area contributed by atoms with Gasteiger partial charge < -0.3 is 9.80 Å². The van der Waals surface area contributed by atoms with Crippen molar-refractivity contribution in [2.45, 2.75) is 25.9 Å². The van der Waals surface area contributed by atoms with Crippen LogP contribution in [0, 0.1) is 0 Å². The Balaban J connectivity index is 1.78. The van der Waals surface area contributed by atoms with E-state index in [4.69, 9.17) is 0 Å². The summed E-state index contributed by atoms with van der Waals surface area (Å²) in [6.07, 6.45) is 2.39. The van der Waals surface area contributed by atoms with E-state index in [-0.39, 0.29) is 17.5 Å². The van der Waals surface area contributed by atoms with Crippen molar-refractivity contribution in [2.24, 2.45) is 0 Å². The van der Waals surface area contributed by atoms with E-state index in [0.717, 1.165) is 18.9 Å². The third kappa shape index (κ3) is 4.28. The fourth-order valence-corrected chi connectivity index (χ4v) is 4.86. The normalized spacial score (nSPS) is 18.9. The highest BCUT2D eigenvalue weighted by Crippen LogP contribution is 2.23. The highest BCUT2D eigenvalue weighted by molar-refractivity contribution is 7.91. The minimum absolute atomic E-state index is 0.0167. The summed E-state index contributed by atoms with van der Waals surface area (Å²) in [5.41, 5.74) is 1.20. The summed E-state index contributed by atoms with van der Waals surface area (Å²) in [5, 5.41) is 0. The minimum Gasteiger partial charge on any atom is -0.355 e. The summed E-state index contributed by atoms with van der Waals surface area (Å²) >= 11 is 0. The lowest BCUT2D eigenvalue weighted by Crippen LogP contribution is -2.34. The van der Waals surface area contributed by atoms with Crippen LogP contribution in [0.4, 0.5) is 11.8 Å². The summed E-state index contributed by atoms with van der Waals surface area (Å²) in [5.74, 6) is 1.88. The molecule has 2 heterocycles. The van der Waals surface area contributed by atoms with Crippen molar-refractivity contribution in [3.05, 3.63) is 48.2 Å². The van der Waals surface area contributed by atoms with Crippen LogP contribution in [0.15, 0.2) is 42.6 Å². The van der Waals surface area contributed by atoms with Gasteiger partial charge in [-0.05, 0) is 25.0 Å². The van der Waals surface area contributed by atoms with Crippen molar-refractivity contribution >= 4 is 21.6 Å². The predicted octanol–water partition coefficient (Wildman–Crippen LogP) is 2.13. The SMILES string of the molecule is CCN(Cc1ccccc1)c1nccc(N(C)C2CCS(=O)(=O)C2)n1. The number of hydrogen-bond acceptors (Lipinski definition) is 6. The quantitative estimate of drug-likeness (QED) is 0.786. The highest BCUT2D eigenvalue weighted by Gasteiger charge is 2.31. The van der Waals surface area contributed by atoms with Crippen molar-refractivity contribution in [1.82, 2.24) is 9.97 Å². The third-order valence-corrected chi connectivity index (χ3v) is 6.38. The second-order valence-electron chi connectivity index (χ2n) is 6.38. The number of hydrogen-bond donors (Lipinski definition) is 0. The fraction of sp³-hybridized carbons (Fsp3) is 0.444. The Bertz CT molecular complexity index is 811. The molecule has 0 saturated carbocycles. The van der Waals surface area contributed by atoms with Crippen LogP contribution in [-0.4, -0.2) is 49.5 Å². The summed E-state index contributed by atoms with van der Waals surface area (Å²) < 4.78 is 23.5. The number of rotatable bonds is 6. The molecule has 6 nitrogen and oxygen atoms in total. The molecule has 0 aliphatic carbocycles. The molecule has 0 N–H and O–H groups in total. The third-order valence-electron chi connectivity index (χ3n) is 4.63. The molecular weight excluding hydrogens is 336 g/mol. The molecule has 0 amide bonds. The summed E-state index contributed by atoms with van der Waals surface area (Å²) in [6, 6.07) is 12.0. The molecule has 1 aliphatic rings.